The first-order valence-corrected chi connectivity index (χ1v) is 11.0. The molecule has 1 fully saturated rings. The average Bonchev–Trinajstić information content (AvgIpc) is 2.69. The van der Waals surface area contributed by atoms with E-state index in [2.05, 4.69) is 5.32 Å². The summed E-state index contributed by atoms with van der Waals surface area (Å²) in [4.78, 5) is 14.8. The van der Waals surface area contributed by atoms with E-state index in [1.165, 1.54) is 0 Å². The Morgan fingerprint density at radius 2 is 1.67 bits per heavy atom. The molecule has 0 radical (unpaired) electrons. The van der Waals surface area contributed by atoms with Crippen LogP contribution in [0.2, 0.25) is 0 Å². The fourth-order valence-electron chi connectivity index (χ4n) is 3.49. The number of nitrogens with one attached hydrogen (secondary N) is 1. The normalized spacial score (nSPS) is 15.7. The zero-order chi connectivity index (χ0) is 19.3. The van der Waals surface area contributed by atoms with Crippen molar-refractivity contribution >= 4 is 15.7 Å². The van der Waals surface area contributed by atoms with Gasteiger partial charge in [-0.2, -0.15) is 0 Å². The third kappa shape index (κ3) is 4.96. The van der Waals surface area contributed by atoms with E-state index in [-0.39, 0.29) is 16.6 Å². The highest BCUT2D eigenvalue weighted by Gasteiger charge is 2.24. The lowest BCUT2D eigenvalue weighted by molar-refractivity contribution is 0.0691. The summed E-state index contributed by atoms with van der Waals surface area (Å²) in [5.74, 6) is 0.551. The Balaban J connectivity index is 1.65. The smallest absolute Gasteiger partial charge is 0.253 e. The molecule has 0 bridgehead atoms. The maximum absolute atomic E-state index is 12.7. The van der Waals surface area contributed by atoms with Gasteiger partial charge in [0.15, 0.2) is 9.84 Å². The molecule has 27 heavy (non-hydrogen) atoms. The Bertz CT molecular complexity index is 856. The molecule has 1 aliphatic rings. The van der Waals surface area contributed by atoms with Crippen LogP contribution >= 0.6 is 0 Å². The predicted octanol–water partition coefficient (Wildman–Crippen LogP) is 2.73. The third-order valence-corrected chi connectivity index (χ3v) is 6.76. The number of carbonyl (C=O) groups is 1. The van der Waals surface area contributed by atoms with Gasteiger partial charge in [-0.1, -0.05) is 30.3 Å². The minimum Gasteiger partial charge on any atom is -0.339 e. The van der Waals surface area contributed by atoms with E-state index in [1.807, 2.05) is 30.1 Å². The first kappa shape index (κ1) is 19.6. The third-order valence-electron chi connectivity index (χ3n) is 5.05. The molecule has 2 aromatic rings. The van der Waals surface area contributed by atoms with Crippen molar-refractivity contribution in [2.24, 2.45) is 5.92 Å². The molecular formula is C21H26N2O3S. The first-order chi connectivity index (χ1) is 13.0. The average molecular weight is 387 g/mol. The zero-order valence-electron chi connectivity index (χ0n) is 15.6. The van der Waals surface area contributed by atoms with Crippen LogP contribution < -0.4 is 5.32 Å². The van der Waals surface area contributed by atoms with Gasteiger partial charge in [-0.3, -0.25) is 4.79 Å². The molecule has 1 N–H and O–H groups in total. The van der Waals surface area contributed by atoms with E-state index in [0.29, 0.717) is 11.5 Å². The number of hydrogen-bond donors (Lipinski definition) is 1. The molecule has 0 saturated carbocycles. The van der Waals surface area contributed by atoms with Gasteiger partial charge in [0, 0.05) is 18.7 Å². The molecule has 0 atom stereocenters. The lowest BCUT2D eigenvalue weighted by Crippen LogP contribution is -2.40. The standard InChI is InChI=1S/C21H26N2O3S/c1-22-15-17-11-13-23(14-12-17)21(24)19-7-9-20(10-8-19)27(25,26)16-18-5-3-2-4-6-18/h2-10,17,22H,11-16H2,1H3. The van der Waals surface area contributed by atoms with Crippen molar-refractivity contribution in [1.82, 2.24) is 10.2 Å². The van der Waals surface area contributed by atoms with Crippen LogP contribution in [-0.2, 0) is 15.6 Å². The number of benzene rings is 2. The second-order valence-electron chi connectivity index (χ2n) is 7.06. The summed E-state index contributed by atoms with van der Waals surface area (Å²) >= 11 is 0. The highest BCUT2D eigenvalue weighted by Crippen LogP contribution is 2.21. The SMILES string of the molecule is CNCC1CCN(C(=O)c2ccc(S(=O)(=O)Cc3ccccc3)cc2)CC1. The number of piperidine rings is 1. The summed E-state index contributed by atoms with van der Waals surface area (Å²) < 4.78 is 25.2. The van der Waals surface area contributed by atoms with Crippen molar-refractivity contribution in [3.8, 4) is 0 Å². The number of nitrogens with zero attached hydrogens (tertiary/aromatic N) is 1. The number of amides is 1. The molecule has 6 heteroatoms. The van der Waals surface area contributed by atoms with Crippen molar-refractivity contribution < 1.29 is 13.2 Å². The van der Waals surface area contributed by atoms with Gasteiger partial charge >= 0.3 is 0 Å². The second-order valence-corrected chi connectivity index (χ2v) is 9.05. The van der Waals surface area contributed by atoms with E-state index >= 15 is 0 Å². The lowest BCUT2D eigenvalue weighted by Gasteiger charge is -2.32. The van der Waals surface area contributed by atoms with Crippen LogP contribution in [0, 0.1) is 5.92 Å². The Hall–Kier alpha value is -2.18. The number of carbonyl (C=O) groups excluding carboxylic acids is 1. The Morgan fingerprint density at radius 1 is 1.04 bits per heavy atom. The van der Waals surface area contributed by atoms with E-state index in [9.17, 15) is 13.2 Å². The number of hydrogen-bond acceptors (Lipinski definition) is 4. The van der Waals surface area contributed by atoms with Crippen LogP contribution in [0.5, 0.6) is 0 Å². The second kappa shape index (κ2) is 8.67. The van der Waals surface area contributed by atoms with Crippen LogP contribution in [0.4, 0.5) is 0 Å². The minimum atomic E-state index is -3.43. The van der Waals surface area contributed by atoms with Gasteiger partial charge in [-0.15, -0.1) is 0 Å². The summed E-state index contributed by atoms with van der Waals surface area (Å²) in [7, 11) is -1.48. The largest absolute Gasteiger partial charge is 0.339 e. The highest BCUT2D eigenvalue weighted by atomic mass is 32.2. The summed E-state index contributed by atoms with van der Waals surface area (Å²) in [6.07, 6.45) is 1.99. The van der Waals surface area contributed by atoms with Gasteiger partial charge in [-0.25, -0.2) is 8.42 Å². The van der Waals surface area contributed by atoms with Crippen LogP contribution in [0.25, 0.3) is 0 Å². The van der Waals surface area contributed by atoms with E-state index in [4.69, 9.17) is 0 Å². The molecule has 0 aliphatic carbocycles. The summed E-state index contributed by atoms with van der Waals surface area (Å²) in [6, 6.07) is 15.4. The van der Waals surface area contributed by atoms with E-state index in [1.54, 1.807) is 36.4 Å². The zero-order valence-corrected chi connectivity index (χ0v) is 16.4. The van der Waals surface area contributed by atoms with Crippen LogP contribution in [0.1, 0.15) is 28.8 Å². The molecule has 1 aliphatic heterocycles. The maximum atomic E-state index is 12.7. The Morgan fingerprint density at radius 3 is 2.26 bits per heavy atom. The molecule has 1 heterocycles. The molecule has 5 nitrogen and oxygen atoms in total. The summed E-state index contributed by atoms with van der Waals surface area (Å²) in [5.41, 5.74) is 1.29. The van der Waals surface area contributed by atoms with Gasteiger partial charge in [0.25, 0.3) is 5.91 Å². The lowest BCUT2D eigenvalue weighted by atomic mass is 9.96. The molecule has 1 amide bonds. The van der Waals surface area contributed by atoms with Gasteiger partial charge in [0.05, 0.1) is 10.6 Å². The van der Waals surface area contributed by atoms with E-state index in [0.717, 1.165) is 38.0 Å². The molecule has 0 unspecified atom stereocenters. The molecule has 3 rings (SSSR count). The van der Waals surface area contributed by atoms with Crippen molar-refractivity contribution in [1.29, 1.82) is 0 Å². The highest BCUT2D eigenvalue weighted by molar-refractivity contribution is 7.90. The van der Waals surface area contributed by atoms with Gasteiger partial charge in [-0.05, 0) is 62.2 Å². The van der Waals surface area contributed by atoms with Crippen molar-refractivity contribution in [2.45, 2.75) is 23.5 Å². The topological polar surface area (TPSA) is 66.5 Å². The fourth-order valence-corrected chi connectivity index (χ4v) is 4.84. The fraction of sp³-hybridized carbons (Fsp3) is 0.381. The van der Waals surface area contributed by atoms with Crippen LogP contribution in [-0.4, -0.2) is 45.9 Å². The van der Waals surface area contributed by atoms with Gasteiger partial charge in [0.2, 0.25) is 0 Å². The number of sulfone groups is 1. The first-order valence-electron chi connectivity index (χ1n) is 9.30. The molecule has 0 spiro atoms. The van der Waals surface area contributed by atoms with Gasteiger partial charge < -0.3 is 10.2 Å². The maximum Gasteiger partial charge on any atom is 0.253 e. The van der Waals surface area contributed by atoms with Crippen molar-refractivity contribution in [2.75, 3.05) is 26.7 Å². The van der Waals surface area contributed by atoms with Crippen LogP contribution in [0.3, 0.4) is 0 Å². The predicted molar refractivity (Wildman–Crippen MR) is 106 cm³/mol. The van der Waals surface area contributed by atoms with Crippen molar-refractivity contribution in [3.63, 3.8) is 0 Å². The van der Waals surface area contributed by atoms with E-state index < -0.39 is 9.84 Å². The summed E-state index contributed by atoms with van der Waals surface area (Å²) in [5, 5.41) is 3.19. The van der Waals surface area contributed by atoms with Crippen LogP contribution in [0.15, 0.2) is 59.5 Å². The number of likely N-dealkylation sites (tertiary alicyclic amines) is 1. The monoisotopic (exact) mass is 386 g/mol. The summed E-state index contributed by atoms with van der Waals surface area (Å²) in [6.45, 7) is 2.48. The number of rotatable bonds is 6. The minimum absolute atomic E-state index is 0.0232. The molecule has 144 valence electrons. The molecule has 0 aromatic heterocycles. The molecular weight excluding hydrogens is 360 g/mol. The Kier molecular flexibility index (Phi) is 6.29. The van der Waals surface area contributed by atoms with Gasteiger partial charge in [0.1, 0.15) is 0 Å². The Labute approximate surface area is 161 Å². The quantitative estimate of drug-likeness (QED) is 0.829. The van der Waals surface area contributed by atoms with Crippen molar-refractivity contribution in [3.05, 3.63) is 65.7 Å². The molecule has 2 aromatic carbocycles. The molecule has 1 saturated heterocycles.